The number of hydrogen-bond acceptors (Lipinski definition) is 3. The van der Waals surface area contributed by atoms with E-state index in [1.807, 2.05) is 30.5 Å². The molecule has 3 aromatic rings. The van der Waals surface area contributed by atoms with Gasteiger partial charge in [0.1, 0.15) is 0 Å². The Labute approximate surface area is 143 Å². The van der Waals surface area contributed by atoms with Crippen LogP contribution in [0.1, 0.15) is 18.1 Å². The second kappa shape index (κ2) is 8.04. The fourth-order valence-electron chi connectivity index (χ4n) is 2.99. The zero-order valence-electron chi connectivity index (χ0n) is 14.1. The normalized spacial score (nSPS) is 12.6. The lowest BCUT2D eigenvalue weighted by atomic mass is 10.1. The van der Waals surface area contributed by atoms with Crippen molar-refractivity contribution >= 4 is 10.9 Å². The third-order valence-electron chi connectivity index (χ3n) is 4.18. The molecule has 1 aromatic heterocycles. The summed E-state index contributed by atoms with van der Waals surface area (Å²) >= 11 is 0. The van der Waals surface area contributed by atoms with E-state index in [1.54, 1.807) is 0 Å². The minimum atomic E-state index is 0.210. The highest BCUT2D eigenvalue weighted by Crippen LogP contribution is 2.16. The number of rotatable bonds is 7. The first-order valence-electron chi connectivity index (χ1n) is 8.45. The molecule has 3 nitrogen and oxygen atoms in total. The number of aliphatic hydroxyl groups is 1. The van der Waals surface area contributed by atoms with Crippen LogP contribution in [-0.2, 0) is 13.1 Å². The van der Waals surface area contributed by atoms with Gasteiger partial charge in [-0.2, -0.15) is 0 Å². The average molecular weight is 320 g/mol. The quantitative estimate of drug-likeness (QED) is 0.718. The van der Waals surface area contributed by atoms with Crippen molar-refractivity contribution in [1.29, 1.82) is 0 Å². The average Bonchev–Trinajstić information content (AvgIpc) is 2.62. The van der Waals surface area contributed by atoms with E-state index in [4.69, 9.17) is 0 Å². The molecule has 3 rings (SSSR count). The summed E-state index contributed by atoms with van der Waals surface area (Å²) in [6, 6.07) is 20.9. The number of para-hydroxylation sites is 1. The van der Waals surface area contributed by atoms with Crippen LogP contribution in [0.2, 0.25) is 0 Å². The molecule has 0 amide bonds. The highest BCUT2D eigenvalue weighted by Gasteiger charge is 2.12. The van der Waals surface area contributed by atoms with Gasteiger partial charge in [0.2, 0.25) is 0 Å². The molecule has 0 fully saturated rings. The summed E-state index contributed by atoms with van der Waals surface area (Å²) in [5.74, 6) is 0.252. The van der Waals surface area contributed by atoms with Crippen molar-refractivity contribution < 1.29 is 5.11 Å². The minimum absolute atomic E-state index is 0.210. The van der Waals surface area contributed by atoms with Crippen LogP contribution in [0, 0.1) is 5.92 Å². The minimum Gasteiger partial charge on any atom is -0.396 e. The number of nitrogens with zero attached hydrogens (tertiary/aromatic N) is 2. The van der Waals surface area contributed by atoms with Gasteiger partial charge in [-0.25, -0.2) is 0 Å². The highest BCUT2D eigenvalue weighted by atomic mass is 16.3. The third-order valence-corrected chi connectivity index (χ3v) is 4.18. The number of benzene rings is 2. The van der Waals surface area contributed by atoms with E-state index in [2.05, 4.69) is 53.2 Å². The van der Waals surface area contributed by atoms with Gasteiger partial charge in [-0.05, 0) is 29.2 Å². The molecule has 3 heteroatoms. The molecule has 0 saturated carbocycles. The largest absolute Gasteiger partial charge is 0.396 e. The molecule has 1 N–H and O–H groups in total. The SMILES string of the molecule is CC(CO)CN(Cc1ccccc1)Cc1cnc2ccccc2c1. The number of hydrogen-bond donors (Lipinski definition) is 1. The summed E-state index contributed by atoms with van der Waals surface area (Å²) in [5.41, 5.74) is 3.52. The van der Waals surface area contributed by atoms with Crippen LogP contribution < -0.4 is 0 Å². The monoisotopic (exact) mass is 320 g/mol. The Morgan fingerprint density at radius 1 is 0.958 bits per heavy atom. The van der Waals surface area contributed by atoms with Crippen molar-refractivity contribution in [3.8, 4) is 0 Å². The van der Waals surface area contributed by atoms with Gasteiger partial charge in [0.05, 0.1) is 5.52 Å². The van der Waals surface area contributed by atoms with E-state index in [-0.39, 0.29) is 12.5 Å². The standard InChI is InChI=1S/C21H24N2O/c1-17(16-24)13-23(14-18-7-3-2-4-8-18)15-19-11-20-9-5-6-10-21(20)22-12-19/h2-12,17,24H,13-16H2,1H3. The van der Waals surface area contributed by atoms with Gasteiger partial charge in [-0.1, -0.05) is 55.5 Å². The van der Waals surface area contributed by atoms with E-state index in [9.17, 15) is 5.11 Å². The Morgan fingerprint density at radius 2 is 1.67 bits per heavy atom. The zero-order chi connectivity index (χ0) is 16.8. The molecular formula is C21H24N2O. The second-order valence-corrected chi connectivity index (χ2v) is 6.48. The lowest BCUT2D eigenvalue weighted by molar-refractivity contribution is 0.163. The Bertz CT molecular complexity index is 773. The van der Waals surface area contributed by atoms with Crippen molar-refractivity contribution in [2.75, 3.05) is 13.2 Å². The van der Waals surface area contributed by atoms with Crippen LogP contribution in [-0.4, -0.2) is 28.1 Å². The molecule has 0 aliphatic rings. The van der Waals surface area contributed by atoms with Crippen LogP contribution in [0.5, 0.6) is 0 Å². The summed E-state index contributed by atoms with van der Waals surface area (Å²) in [4.78, 5) is 6.94. The molecule has 0 aliphatic carbocycles. The van der Waals surface area contributed by atoms with Crippen LogP contribution in [0.15, 0.2) is 66.9 Å². The molecule has 0 radical (unpaired) electrons. The maximum Gasteiger partial charge on any atom is 0.0702 e. The first kappa shape index (κ1) is 16.6. The fraction of sp³-hybridized carbons (Fsp3) is 0.286. The van der Waals surface area contributed by atoms with Gasteiger partial charge in [0, 0.05) is 37.8 Å². The van der Waals surface area contributed by atoms with Gasteiger partial charge < -0.3 is 5.11 Å². The van der Waals surface area contributed by atoms with Gasteiger partial charge >= 0.3 is 0 Å². The molecule has 1 heterocycles. The predicted octanol–water partition coefficient (Wildman–Crippen LogP) is 3.87. The van der Waals surface area contributed by atoms with E-state index < -0.39 is 0 Å². The maximum absolute atomic E-state index is 9.42. The Kier molecular flexibility index (Phi) is 5.57. The summed E-state index contributed by atoms with van der Waals surface area (Å²) < 4.78 is 0. The Morgan fingerprint density at radius 3 is 2.46 bits per heavy atom. The van der Waals surface area contributed by atoms with Crippen LogP contribution in [0.4, 0.5) is 0 Å². The smallest absolute Gasteiger partial charge is 0.0702 e. The predicted molar refractivity (Wildman–Crippen MR) is 98.5 cm³/mol. The molecule has 0 aliphatic heterocycles. The van der Waals surface area contributed by atoms with Gasteiger partial charge in [-0.15, -0.1) is 0 Å². The number of aromatic nitrogens is 1. The first-order chi connectivity index (χ1) is 11.7. The van der Waals surface area contributed by atoms with E-state index in [0.717, 1.165) is 25.2 Å². The molecule has 1 atom stereocenters. The van der Waals surface area contributed by atoms with E-state index in [1.165, 1.54) is 16.5 Å². The van der Waals surface area contributed by atoms with Crippen molar-refractivity contribution in [2.24, 2.45) is 5.92 Å². The van der Waals surface area contributed by atoms with Crippen LogP contribution in [0.25, 0.3) is 10.9 Å². The zero-order valence-corrected chi connectivity index (χ0v) is 14.1. The van der Waals surface area contributed by atoms with Gasteiger partial charge in [0.15, 0.2) is 0 Å². The molecular weight excluding hydrogens is 296 g/mol. The van der Waals surface area contributed by atoms with Crippen molar-refractivity contribution in [1.82, 2.24) is 9.88 Å². The lowest BCUT2D eigenvalue weighted by Crippen LogP contribution is -2.29. The number of pyridine rings is 1. The van der Waals surface area contributed by atoms with E-state index in [0.29, 0.717) is 0 Å². The molecule has 0 saturated heterocycles. The maximum atomic E-state index is 9.42. The fourth-order valence-corrected chi connectivity index (χ4v) is 2.99. The summed E-state index contributed by atoms with van der Waals surface area (Å²) in [6.45, 7) is 4.85. The molecule has 2 aromatic carbocycles. The molecule has 24 heavy (non-hydrogen) atoms. The second-order valence-electron chi connectivity index (χ2n) is 6.48. The van der Waals surface area contributed by atoms with Gasteiger partial charge in [0.25, 0.3) is 0 Å². The summed E-state index contributed by atoms with van der Waals surface area (Å²) in [7, 11) is 0. The first-order valence-corrected chi connectivity index (χ1v) is 8.45. The van der Waals surface area contributed by atoms with Crippen molar-refractivity contribution in [3.63, 3.8) is 0 Å². The number of fused-ring (bicyclic) bond motifs is 1. The molecule has 0 spiro atoms. The summed E-state index contributed by atoms with van der Waals surface area (Å²) in [6.07, 6.45) is 1.96. The van der Waals surface area contributed by atoms with Crippen molar-refractivity contribution in [2.45, 2.75) is 20.0 Å². The van der Waals surface area contributed by atoms with Crippen LogP contribution in [0.3, 0.4) is 0 Å². The molecule has 124 valence electrons. The lowest BCUT2D eigenvalue weighted by Gasteiger charge is -2.25. The number of aliphatic hydroxyl groups excluding tert-OH is 1. The molecule has 0 bridgehead atoms. The van der Waals surface area contributed by atoms with Gasteiger partial charge in [-0.3, -0.25) is 9.88 Å². The van der Waals surface area contributed by atoms with Crippen LogP contribution >= 0.6 is 0 Å². The van der Waals surface area contributed by atoms with E-state index >= 15 is 0 Å². The topological polar surface area (TPSA) is 36.4 Å². The third kappa shape index (κ3) is 4.40. The highest BCUT2D eigenvalue weighted by molar-refractivity contribution is 5.78. The molecule has 1 unspecified atom stereocenters. The Balaban J connectivity index is 1.78. The van der Waals surface area contributed by atoms with Crippen molar-refractivity contribution in [3.05, 3.63) is 78.0 Å². The Hall–Kier alpha value is -2.23. The summed E-state index contributed by atoms with van der Waals surface area (Å²) in [5, 5.41) is 10.6.